The second-order valence-corrected chi connectivity index (χ2v) is 5.43. The third kappa shape index (κ3) is 5.20. The molecule has 4 heteroatoms. The van der Waals surface area contributed by atoms with Crippen molar-refractivity contribution in [2.45, 2.75) is 45.8 Å². The lowest BCUT2D eigenvalue weighted by atomic mass is 10.1. The summed E-state index contributed by atoms with van der Waals surface area (Å²) < 4.78 is 10.9. The Labute approximate surface area is 115 Å². The van der Waals surface area contributed by atoms with E-state index in [9.17, 15) is 4.79 Å². The van der Waals surface area contributed by atoms with Gasteiger partial charge in [-0.05, 0) is 39.3 Å². The number of hydrogen-bond acceptors (Lipinski definition) is 3. The fourth-order valence-electron chi connectivity index (χ4n) is 1.61. The van der Waals surface area contributed by atoms with Gasteiger partial charge in [0.05, 0.1) is 7.11 Å². The highest BCUT2D eigenvalue weighted by Crippen LogP contribution is 2.20. The molecule has 0 saturated heterocycles. The van der Waals surface area contributed by atoms with Crippen molar-refractivity contribution in [1.29, 1.82) is 0 Å². The van der Waals surface area contributed by atoms with Crippen molar-refractivity contribution in [1.82, 2.24) is 5.32 Å². The van der Waals surface area contributed by atoms with Gasteiger partial charge in [-0.15, -0.1) is 0 Å². The van der Waals surface area contributed by atoms with Crippen LogP contribution in [0.1, 0.15) is 34.1 Å². The fraction of sp³-hybridized carbons (Fsp3) is 0.533. The van der Waals surface area contributed by atoms with Crippen LogP contribution in [0.2, 0.25) is 0 Å². The molecule has 0 spiro atoms. The van der Waals surface area contributed by atoms with E-state index < -0.39 is 6.10 Å². The minimum atomic E-state index is -0.494. The van der Waals surface area contributed by atoms with E-state index in [-0.39, 0.29) is 11.4 Å². The molecule has 0 aliphatic heterocycles. The first-order chi connectivity index (χ1) is 8.85. The summed E-state index contributed by atoms with van der Waals surface area (Å²) in [4.78, 5) is 12.1. The summed E-state index contributed by atoms with van der Waals surface area (Å²) in [5.74, 6) is 1.25. The van der Waals surface area contributed by atoms with Crippen molar-refractivity contribution >= 4 is 5.91 Å². The molecule has 0 heterocycles. The SMILES string of the molecule is CC[C@@H](Oc1cccc(OC)c1)C(=O)NC(C)(C)C. The Morgan fingerprint density at radius 3 is 2.47 bits per heavy atom. The largest absolute Gasteiger partial charge is 0.497 e. The Bertz CT molecular complexity index is 424. The van der Waals surface area contributed by atoms with E-state index in [2.05, 4.69) is 5.32 Å². The Morgan fingerprint density at radius 1 is 1.32 bits per heavy atom. The summed E-state index contributed by atoms with van der Waals surface area (Å²) in [5, 5.41) is 2.92. The number of hydrogen-bond donors (Lipinski definition) is 1. The Morgan fingerprint density at radius 2 is 1.95 bits per heavy atom. The highest BCUT2D eigenvalue weighted by Gasteiger charge is 2.23. The first-order valence-electron chi connectivity index (χ1n) is 6.48. The van der Waals surface area contributed by atoms with Gasteiger partial charge in [0.15, 0.2) is 6.10 Å². The summed E-state index contributed by atoms with van der Waals surface area (Å²) in [6.07, 6.45) is 0.116. The van der Waals surface area contributed by atoms with Gasteiger partial charge in [0.2, 0.25) is 0 Å². The van der Waals surface area contributed by atoms with Gasteiger partial charge < -0.3 is 14.8 Å². The molecule has 0 unspecified atom stereocenters. The van der Waals surface area contributed by atoms with Gasteiger partial charge in [0.1, 0.15) is 11.5 Å². The van der Waals surface area contributed by atoms with E-state index in [4.69, 9.17) is 9.47 Å². The zero-order valence-corrected chi connectivity index (χ0v) is 12.3. The molecule has 4 nitrogen and oxygen atoms in total. The average molecular weight is 265 g/mol. The maximum atomic E-state index is 12.1. The summed E-state index contributed by atoms with van der Waals surface area (Å²) in [7, 11) is 1.60. The molecule has 0 aliphatic carbocycles. The molecule has 0 radical (unpaired) electrons. The predicted octanol–water partition coefficient (Wildman–Crippen LogP) is 2.77. The molecule has 19 heavy (non-hydrogen) atoms. The van der Waals surface area contributed by atoms with Gasteiger partial charge in [-0.1, -0.05) is 13.0 Å². The minimum Gasteiger partial charge on any atom is -0.497 e. The lowest BCUT2D eigenvalue weighted by Gasteiger charge is -2.25. The molecule has 1 aromatic rings. The second kappa shape index (κ2) is 6.45. The Balaban J connectivity index is 2.73. The number of amides is 1. The number of nitrogens with one attached hydrogen (secondary N) is 1. The van der Waals surface area contributed by atoms with Gasteiger partial charge in [0, 0.05) is 11.6 Å². The van der Waals surface area contributed by atoms with Crippen LogP contribution in [0.3, 0.4) is 0 Å². The zero-order valence-electron chi connectivity index (χ0n) is 12.3. The van der Waals surface area contributed by atoms with Crippen molar-refractivity contribution in [3.63, 3.8) is 0 Å². The highest BCUT2D eigenvalue weighted by molar-refractivity contribution is 5.81. The van der Waals surface area contributed by atoms with Crippen molar-refractivity contribution in [2.24, 2.45) is 0 Å². The molecule has 0 bridgehead atoms. The lowest BCUT2D eigenvalue weighted by Crippen LogP contribution is -2.47. The van der Waals surface area contributed by atoms with Crippen LogP contribution in [0.15, 0.2) is 24.3 Å². The maximum Gasteiger partial charge on any atom is 0.261 e. The Hall–Kier alpha value is -1.71. The first-order valence-corrected chi connectivity index (χ1v) is 6.48. The second-order valence-electron chi connectivity index (χ2n) is 5.43. The third-order valence-electron chi connectivity index (χ3n) is 2.48. The normalized spacial score (nSPS) is 12.7. The molecule has 1 aromatic carbocycles. The van der Waals surface area contributed by atoms with E-state index in [1.54, 1.807) is 13.2 Å². The summed E-state index contributed by atoms with van der Waals surface area (Å²) in [5.41, 5.74) is -0.262. The monoisotopic (exact) mass is 265 g/mol. The van der Waals surface area contributed by atoms with Crippen molar-refractivity contribution in [3.05, 3.63) is 24.3 Å². The maximum absolute atomic E-state index is 12.1. The van der Waals surface area contributed by atoms with Crippen LogP contribution in [0.5, 0.6) is 11.5 Å². The van der Waals surface area contributed by atoms with E-state index in [0.29, 0.717) is 17.9 Å². The molecule has 0 aromatic heterocycles. The van der Waals surface area contributed by atoms with Crippen LogP contribution >= 0.6 is 0 Å². The first kappa shape index (κ1) is 15.3. The summed E-state index contributed by atoms with van der Waals surface area (Å²) in [6, 6.07) is 7.26. The van der Waals surface area contributed by atoms with Crippen LogP contribution in [-0.2, 0) is 4.79 Å². The number of methoxy groups -OCH3 is 1. The molecule has 0 saturated carbocycles. The smallest absolute Gasteiger partial charge is 0.261 e. The molecule has 1 atom stereocenters. The van der Waals surface area contributed by atoms with E-state index in [0.717, 1.165) is 0 Å². The standard InChI is InChI=1S/C15H23NO3/c1-6-13(14(17)16-15(2,3)4)19-12-9-7-8-11(10-12)18-5/h7-10,13H,6H2,1-5H3,(H,16,17)/t13-/m1/s1. The quantitative estimate of drug-likeness (QED) is 0.890. The number of rotatable bonds is 5. The van der Waals surface area contributed by atoms with Gasteiger partial charge in [-0.25, -0.2) is 0 Å². The van der Waals surface area contributed by atoms with E-state index in [1.807, 2.05) is 45.9 Å². The zero-order chi connectivity index (χ0) is 14.5. The van der Waals surface area contributed by atoms with Crippen LogP contribution < -0.4 is 14.8 Å². The van der Waals surface area contributed by atoms with Crippen molar-refractivity contribution in [2.75, 3.05) is 7.11 Å². The minimum absolute atomic E-state index is 0.0992. The summed E-state index contributed by atoms with van der Waals surface area (Å²) in [6.45, 7) is 7.77. The topological polar surface area (TPSA) is 47.6 Å². The number of ether oxygens (including phenoxy) is 2. The van der Waals surface area contributed by atoms with Crippen LogP contribution in [0.4, 0.5) is 0 Å². The third-order valence-corrected chi connectivity index (χ3v) is 2.48. The molecular formula is C15H23NO3. The molecule has 1 amide bonds. The molecule has 0 aliphatic rings. The molecular weight excluding hydrogens is 242 g/mol. The predicted molar refractivity (Wildman–Crippen MR) is 75.6 cm³/mol. The van der Waals surface area contributed by atoms with Crippen molar-refractivity contribution in [3.8, 4) is 11.5 Å². The average Bonchev–Trinajstić information content (AvgIpc) is 2.34. The molecule has 106 valence electrons. The molecule has 1 N–H and O–H groups in total. The molecule has 0 fully saturated rings. The van der Waals surface area contributed by atoms with Crippen LogP contribution in [0.25, 0.3) is 0 Å². The van der Waals surface area contributed by atoms with Gasteiger partial charge in [-0.3, -0.25) is 4.79 Å². The van der Waals surface area contributed by atoms with E-state index in [1.165, 1.54) is 0 Å². The van der Waals surface area contributed by atoms with Crippen molar-refractivity contribution < 1.29 is 14.3 Å². The summed E-state index contributed by atoms with van der Waals surface area (Å²) >= 11 is 0. The number of carbonyl (C=O) groups is 1. The van der Waals surface area contributed by atoms with Crippen LogP contribution in [-0.4, -0.2) is 24.7 Å². The van der Waals surface area contributed by atoms with Gasteiger partial charge in [-0.2, -0.15) is 0 Å². The number of carbonyl (C=O) groups excluding carboxylic acids is 1. The fourth-order valence-corrected chi connectivity index (χ4v) is 1.61. The molecule has 1 rings (SSSR count). The van der Waals surface area contributed by atoms with Gasteiger partial charge in [0.25, 0.3) is 5.91 Å². The number of benzene rings is 1. The Kier molecular flexibility index (Phi) is 5.21. The van der Waals surface area contributed by atoms with Crippen LogP contribution in [0, 0.1) is 0 Å². The lowest BCUT2D eigenvalue weighted by molar-refractivity contribution is -0.129. The van der Waals surface area contributed by atoms with Gasteiger partial charge >= 0.3 is 0 Å². The highest BCUT2D eigenvalue weighted by atomic mass is 16.5. The van der Waals surface area contributed by atoms with E-state index >= 15 is 0 Å².